The third-order valence-corrected chi connectivity index (χ3v) is 6.66. The summed E-state index contributed by atoms with van der Waals surface area (Å²) in [5, 5.41) is 7.84. The molecule has 4 heterocycles. The molecule has 2 bridgehead atoms. The van der Waals surface area contributed by atoms with Gasteiger partial charge in [-0.3, -0.25) is 14.4 Å². The number of rotatable bonds is 7. The van der Waals surface area contributed by atoms with Crippen LogP contribution in [-0.4, -0.2) is 74.1 Å². The predicted octanol–water partition coefficient (Wildman–Crippen LogP) is 2.09. The number of benzene rings is 1. The van der Waals surface area contributed by atoms with Gasteiger partial charge in [-0.2, -0.15) is 5.10 Å². The standard InChI is InChI=1S/C23H33N5O2/c1-26(2)18-7-5-16(6-8-18)21-12-22(27(3)25-21)20-14-28-10-9-17(20)11-19(28)13-24-23(29)15-30-4/h5-8,12,17,19-20H,9-11,13-15H2,1-4H3,(H,24,29). The largest absolute Gasteiger partial charge is 0.378 e. The van der Waals surface area contributed by atoms with E-state index in [1.165, 1.54) is 17.8 Å². The van der Waals surface area contributed by atoms with Gasteiger partial charge >= 0.3 is 0 Å². The van der Waals surface area contributed by atoms with Crippen molar-refractivity contribution in [3.05, 3.63) is 36.0 Å². The molecule has 4 unspecified atom stereocenters. The van der Waals surface area contributed by atoms with Crippen molar-refractivity contribution < 1.29 is 9.53 Å². The van der Waals surface area contributed by atoms with Gasteiger partial charge in [-0.15, -0.1) is 0 Å². The molecule has 5 rings (SSSR count). The number of anilines is 1. The number of ether oxygens (including phenoxy) is 1. The number of carbonyl (C=O) groups excluding carboxylic acids is 1. The highest BCUT2D eigenvalue weighted by molar-refractivity contribution is 5.77. The van der Waals surface area contributed by atoms with Crippen molar-refractivity contribution >= 4 is 11.6 Å². The molecule has 0 saturated carbocycles. The lowest BCUT2D eigenvalue weighted by Gasteiger charge is -2.50. The molecule has 1 amide bonds. The first kappa shape index (κ1) is 20.9. The van der Waals surface area contributed by atoms with Crippen LogP contribution in [0, 0.1) is 5.92 Å². The SMILES string of the molecule is COCC(=O)NCC1CC2CCN1CC2c1cc(-c2ccc(N(C)C)cc2)nn1C. The van der Waals surface area contributed by atoms with E-state index in [1.807, 2.05) is 0 Å². The third-order valence-electron chi connectivity index (χ3n) is 6.66. The number of nitrogens with zero attached hydrogens (tertiary/aromatic N) is 4. The maximum Gasteiger partial charge on any atom is 0.246 e. The molecule has 0 spiro atoms. The number of aromatic nitrogens is 2. The Morgan fingerprint density at radius 3 is 2.70 bits per heavy atom. The van der Waals surface area contributed by atoms with E-state index in [2.05, 4.69) is 71.3 Å². The highest BCUT2D eigenvalue weighted by atomic mass is 16.5. The minimum Gasteiger partial charge on any atom is -0.378 e. The first-order valence-electron chi connectivity index (χ1n) is 10.8. The van der Waals surface area contributed by atoms with Gasteiger partial charge in [0.2, 0.25) is 5.91 Å². The number of nitrogens with one attached hydrogen (secondary N) is 1. The number of aryl methyl sites for hydroxylation is 1. The molecule has 30 heavy (non-hydrogen) atoms. The lowest BCUT2D eigenvalue weighted by molar-refractivity contribution is -0.125. The highest BCUT2D eigenvalue weighted by Crippen LogP contribution is 2.42. The van der Waals surface area contributed by atoms with Gasteiger partial charge < -0.3 is 15.0 Å². The Balaban J connectivity index is 1.45. The van der Waals surface area contributed by atoms with Crippen molar-refractivity contribution in [2.45, 2.75) is 24.8 Å². The summed E-state index contributed by atoms with van der Waals surface area (Å²) in [6, 6.07) is 11.3. The minimum absolute atomic E-state index is 0.0340. The van der Waals surface area contributed by atoms with Crippen molar-refractivity contribution in [2.24, 2.45) is 13.0 Å². The maximum absolute atomic E-state index is 11.7. The van der Waals surface area contributed by atoms with Crippen LogP contribution in [0.1, 0.15) is 24.5 Å². The summed E-state index contributed by atoms with van der Waals surface area (Å²) in [5.41, 5.74) is 4.70. The fourth-order valence-electron chi connectivity index (χ4n) is 5.00. The number of amides is 1. The molecule has 7 heteroatoms. The van der Waals surface area contributed by atoms with Crippen molar-refractivity contribution in [1.29, 1.82) is 0 Å². The average molecular weight is 412 g/mol. The lowest BCUT2D eigenvalue weighted by atomic mass is 9.74. The molecular weight excluding hydrogens is 378 g/mol. The monoisotopic (exact) mass is 411 g/mol. The molecule has 0 radical (unpaired) electrons. The van der Waals surface area contributed by atoms with Gasteiger partial charge in [0.1, 0.15) is 6.61 Å². The zero-order valence-electron chi connectivity index (χ0n) is 18.5. The topological polar surface area (TPSA) is 62.6 Å². The van der Waals surface area contributed by atoms with E-state index < -0.39 is 0 Å². The molecule has 0 aliphatic carbocycles. The second-order valence-electron chi connectivity index (χ2n) is 8.80. The molecule has 3 fully saturated rings. The molecule has 3 saturated heterocycles. The molecule has 1 N–H and O–H groups in total. The van der Waals surface area contributed by atoms with Crippen molar-refractivity contribution in [2.75, 3.05) is 52.3 Å². The fourth-order valence-corrected chi connectivity index (χ4v) is 5.00. The van der Waals surface area contributed by atoms with Crippen LogP contribution >= 0.6 is 0 Å². The Morgan fingerprint density at radius 2 is 2.07 bits per heavy atom. The number of methoxy groups -OCH3 is 1. The van der Waals surface area contributed by atoms with E-state index >= 15 is 0 Å². The minimum atomic E-state index is -0.0340. The second-order valence-corrected chi connectivity index (χ2v) is 8.80. The van der Waals surface area contributed by atoms with E-state index in [0.717, 1.165) is 30.8 Å². The fraction of sp³-hybridized carbons (Fsp3) is 0.565. The van der Waals surface area contributed by atoms with Crippen molar-refractivity contribution in [1.82, 2.24) is 20.0 Å². The van der Waals surface area contributed by atoms with E-state index in [4.69, 9.17) is 9.84 Å². The summed E-state index contributed by atoms with van der Waals surface area (Å²) < 4.78 is 6.98. The van der Waals surface area contributed by atoms with Crippen molar-refractivity contribution in [3.63, 3.8) is 0 Å². The van der Waals surface area contributed by atoms with E-state index in [1.54, 1.807) is 7.11 Å². The summed E-state index contributed by atoms with van der Waals surface area (Å²) >= 11 is 0. The van der Waals surface area contributed by atoms with Crippen LogP contribution in [0.3, 0.4) is 0 Å². The predicted molar refractivity (Wildman–Crippen MR) is 119 cm³/mol. The van der Waals surface area contributed by atoms with Crippen LogP contribution in [0.5, 0.6) is 0 Å². The summed E-state index contributed by atoms with van der Waals surface area (Å²) in [5.74, 6) is 1.10. The van der Waals surface area contributed by atoms with Gasteiger partial charge in [0.25, 0.3) is 0 Å². The Morgan fingerprint density at radius 1 is 1.30 bits per heavy atom. The van der Waals surface area contributed by atoms with Gasteiger partial charge in [0.05, 0.1) is 5.69 Å². The van der Waals surface area contributed by atoms with Crippen LogP contribution in [0.2, 0.25) is 0 Å². The lowest BCUT2D eigenvalue weighted by Crippen LogP contribution is -2.56. The molecule has 3 aliphatic rings. The van der Waals surface area contributed by atoms with E-state index in [0.29, 0.717) is 24.4 Å². The molecular formula is C23H33N5O2. The summed E-state index contributed by atoms with van der Waals surface area (Å²) in [6.45, 7) is 2.99. The van der Waals surface area contributed by atoms with Gasteiger partial charge in [-0.05, 0) is 43.5 Å². The highest BCUT2D eigenvalue weighted by Gasteiger charge is 2.41. The Bertz CT molecular complexity index is 876. The van der Waals surface area contributed by atoms with Crippen LogP contribution in [-0.2, 0) is 16.6 Å². The number of fused-ring (bicyclic) bond motifs is 3. The Hall–Kier alpha value is -2.38. The van der Waals surface area contributed by atoms with Gasteiger partial charge in [0.15, 0.2) is 0 Å². The number of hydrogen-bond acceptors (Lipinski definition) is 5. The van der Waals surface area contributed by atoms with Crippen molar-refractivity contribution in [3.8, 4) is 11.3 Å². The smallest absolute Gasteiger partial charge is 0.246 e. The molecule has 2 aromatic rings. The summed E-state index contributed by atoms with van der Waals surface area (Å²) in [7, 11) is 7.72. The molecule has 3 aliphatic heterocycles. The molecule has 4 atom stereocenters. The summed E-state index contributed by atoms with van der Waals surface area (Å²) in [6.07, 6.45) is 2.33. The number of carbonyl (C=O) groups is 1. The molecule has 1 aromatic carbocycles. The Kier molecular flexibility index (Phi) is 6.11. The number of piperidine rings is 3. The van der Waals surface area contributed by atoms with Crippen LogP contribution in [0.25, 0.3) is 11.3 Å². The first-order chi connectivity index (χ1) is 14.5. The zero-order chi connectivity index (χ0) is 21.3. The quantitative estimate of drug-likeness (QED) is 0.756. The average Bonchev–Trinajstić information content (AvgIpc) is 3.14. The zero-order valence-corrected chi connectivity index (χ0v) is 18.5. The number of hydrogen-bond donors (Lipinski definition) is 1. The maximum atomic E-state index is 11.7. The van der Waals surface area contributed by atoms with Crippen LogP contribution in [0.4, 0.5) is 5.69 Å². The second kappa shape index (κ2) is 8.78. The van der Waals surface area contributed by atoms with Gasteiger partial charge in [-0.25, -0.2) is 0 Å². The van der Waals surface area contributed by atoms with E-state index in [9.17, 15) is 4.79 Å². The molecule has 162 valence electrons. The Labute approximate surface area is 179 Å². The van der Waals surface area contributed by atoms with Gasteiger partial charge in [0, 0.05) is 70.2 Å². The normalized spacial score (nSPS) is 25.3. The van der Waals surface area contributed by atoms with Crippen LogP contribution in [0.15, 0.2) is 30.3 Å². The molecule has 7 nitrogen and oxygen atoms in total. The van der Waals surface area contributed by atoms with Gasteiger partial charge in [-0.1, -0.05) is 12.1 Å². The summed E-state index contributed by atoms with van der Waals surface area (Å²) in [4.78, 5) is 16.4. The third kappa shape index (κ3) is 4.23. The molecule has 1 aromatic heterocycles. The first-order valence-corrected chi connectivity index (χ1v) is 10.8. The van der Waals surface area contributed by atoms with Crippen LogP contribution < -0.4 is 10.2 Å². The van der Waals surface area contributed by atoms with E-state index in [-0.39, 0.29) is 12.5 Å².